The van der Waals surface area contributed by atoms with E-state index in [9.17, 15) is 9.18 Å². The normalized spacial score (nSPS) is 10.5. The Kier molecular flexibility index (Phi) is 4.61. The van der Waals surface area contributed by atoms with E-state index in [-0.39, 0.29) is 17.2 Å². The van der Waals surface area contributed by atoms with E-state index in [1.165, 1.54) is 12.1 Å². The van der Waals surface area contributed by atoms with Crippen LogP contribution < -0.4 is 0 Å². The summed E-state index contributed by atoms with van der Waals surface area (Å²) in [6.07, 6.45) is 2.16. The largest absolute Gasteiger partial charge is 0.294 e. The number of hydrogen-bond acceptors (Lipinski definition) is 2. The van der Waals surface area contributed by atoms with Gasteiger partial charge in [0.2, 0.25) is 0 Å². The maximum absolute atomic E-state index is 12.9. The molecule has 0 heterocycles. The molecule has 0 unspecified atom stereocenters. The maximum atomic E-state index is 12.9. The summed E-state index contributed by atoms with van der Waals surface area (Å²) < 4.78 is 12.9. The molecule has 0 N–H and O–H groups in total. The molecule has 1 nitrogen and oxygen atoms in total. The molecular formula is C15H12ClFOS. The lowest BCUT2D eigenvalue weighted by atomic mass is 10.0. The van der Waals surface area contributed by atoms with Crippen LogP contribution in [0.15, 0.2) is 47.4 Å². The molecule has 2 aromatic rings. The van der Waals surface area contributed by atoms with Gasteiger partial charge in [0.15, 0.2) is 5.78 Å². The van der Waals surface area contributed by atoms with E-state index in [0.29, 0.717) is 11.1 Å². The van der Waals surface area contributed by atoms with Crippen molar-refractivity contribution >= 4 is 29.1 Å². The van der Waals surface area contributed by atoms with Crippen LogP contribution in [0.5, 0.6) is 0 Å². The van der Waals surface area contributed by atoms with Crippen LogP contribution in [0.1, 0.15) is 15.9 Å². The van der Waals surface area contributed by atoms with Gasteiger partial charge >= 0.3 is 0 Å². The lowest BCUT2D eigenvalue weighted by Crippen LogP contribution is -2.04. The third-order valence-corrected chi connectivity index (χ3v) is 3.87. The average Bonchev–Trinajstić information content (AvgIpc) is 2.42. The highest BCUT2D eigenvalue weighted by Gasteiger charge is 2.10. The summed E-state index contributed by atoms with van der Waals surface area (Å²) >= 11 is 7.54. The molecule has 0 aromatic heterocycles. The van der Waals surface area contributed by atoms with Gasteiger partial charge in [0, 0.05) is 21.9 Å². The smallest absolute Gasteiger partial charge is 0.167 e. The predicted molar refractivity (Wildman–Crippen MR) is 77.7 cm³/mol. The summed E-state index contributed by atoms with van der Waals surface area (Å²) in [5.41, 5.74) is 1.28. The van der Waals surface area contributed by atoms with E-state index in [4.69, 9.17) is 11.6 Å². The Morgan fingerprint density at radius 2 is 1.89 bits per heavy atom. The summed E-state index contributed by atoms with van der Waals surface area (Å²) in [6.45, 7) is 0. The van der Waals surface area contributed by atoms with Gasteiger partial charge in [0.05, 0.1) is 0 Å². The van der Waals surface area contributed by atoms with E-state index < -0.39 is 5.82 Å². The van der Waals surface area contributed by atoms with Gasteiger partial charge in [-0.25, -0.2) is 4.39 Å². The second-order valence-corrected chi connectivity index (χ2v) is 5.35. The lowest BCUT2D eigenvalue weighted by Gasteiger charge is -2.05. The lowest BCUT2D eigenvalue weighted by molar-refractivity contribution is 0.0993. The first-order valence-electron chi connectivity index (χ1n) is 5.71. The zero-order valence-corrected chi connectivity index (χ0v) is 11.9. The fourth-order valence-corrected chi connectivity index (χ4v) is 2.36. The van der Waals surface area contributed by atoms with Crippen LogP contribution in [0.25, 0.3) is 0 Å². The van der Waals surface area contributed by atoms with Gasteiger partial charge in [-0.15, -0.1) is 11.8 Å². The molecule has 0 fully saturated rings. The number of rotatable bonds is 4. The molecule has 98 valence electrons. The van der Waals surface area contributed by atoms with E-state index in [1.54, 1.807) is 30.0 Å². The van der Waals surface area contributed by atoms with Gasteiger partial charge in [0.25, 0.3) is 0 Å². The van der Waals surface area contributed by atoms with Crippen molar-refractivity contribution in [3.8, 4) is 0 Å². The average molecular weight is 295 g/mol. The van der Waals surface area contributed by atoms with Gasteiger partial charge in [-0.05, 0) is 36.1 Å². The molecular weight excluding hydrogens is 283 g/mol. The molecule has 0 atom stereocenters. The van der Waals surface area contributed by atoms with Crippen LogP contribution >= 0.6 is 23.4 Å². The van der Waals surface area contributed by atoms with Gasteiger partial charge in [0.1, 0.15) is 5.82 Å². The third-order valence-electron chi connectivity index (χ3n) is 2.78. The minimum atomic E-state index is -0.398. The van der Waals surface area contributed by atoms with Crippen LogP contribution in [-0.2, 0) is 6.42 Å². The summed E-state index contributed by atoms with van der Waals surface area (Å²) in [7, 11) is 0. The Labute approximate surface area is 120 Å². The number of halogens is 2. The molecule has 0 saturated carbocycles. The first kappa shape index (κ1) is 14.1. The highest BCUT2D eigenvalue weighted by atomic mass is 35.5. The van der Waals surface area contributed by atoms with Crippen molar-refractivity contribution in [2.45, 2.75) is 11.3 Å². The molecule has 0 amide bonds. The summed E-state index contributed by atoms with van der Waals surface area (Å²) in [5.74, 6) is -0.424. The molecule has 0 saturated heterocycles. The quantitative estimate of drug-likeness (QED) is 0.604. The summed E-state index contributed by atoms with van der Waals surface area (Å²) in [6, 6.07) is 11.5. The number of carbonyl (C=O) groups is 1. The molecule has 0 spiro atoms. The van der Waals surface area contributed by atoms with Crippen molar-refractivity contribution in [2.24, 2.45) is 0 Å². The molecule has 19 heavy (non-hydrogen) atoms. The molecule has 0 radical (unpaired) electrons. The highest BCUT2D eigenvalue weighted by molar-refractivity contribution is 7.98. The molecule has 2 rings (SSSR count). The van der Waals surface area contributed by atoms with Crippen LogP contribution in [0.3, 0.4) is 0 Å². The number of Topliss-reactive ketones (excluding diaryl/α,β-unsaturated/α-hetero) is 1. The molecule has 0 aliphatic rings. The first-order valence-corrected chi connectivity index (χ1v) is 7.31. The van der Waals surface area contributed by atoms with Gasteiger partial charge in [-0.3, -0.25) is 4.79 Å². The Morgan fingerprint density at radius 1 is 1.21 bits per heavy atom. The fourth-order valence-electron chi connectivity index (χ4n) is 1.72. The molecule has 0 bridgehead atoms. The van der Waals surface area contributed by atoms with Crippen molar-refractivity contribution in [3.63, 3.8) is 0 Å². The topological polar surface area (TPSA) is 17.1 Å². The minimum Gasteiger partial charge on any atom is -0.294 e. The van der Waals surface area contributed by atoms with Crippen LogP contribution in [0, 0.1) is 5.82 Å². The second kappa shape index (κ2) is 6.22. The number of thioether (sulfide) groups is 1. The molecule has 0 aliphatic heterocycles. The van der Waals surface area contributed by atoms with Crippen molar-refractivity contribution in [1.82, 2.24) is 0 Å². The molecule has 2 aromatic carbocycles. The number of carbonyl (C=O) groups excluding carboxylic acids is 1. The Bertz CT molecular complexity index is 596. The van der Waals surface area contributed by atoms with Gasteiger partial charge in [-0.1, -0.05) is 29.8 Å². The van der Waals surface area contributed by atoms with Crippen LogP contribution in [-0.4, -0.2) is 12.0 Å². The van der Waals surface area contributed by atoms with E-state index in [1.807, 2.05) is 18.4 Å². The van der Waals surface area contributed by atoms with E-state index in [0.717, 1.165) is 4.90 Å². The van der Waals surface area contributed by atoms with Crippen LogP contribution in [0.4, 0.5) is 4.39 Å². The van der Waals surface area contributed by atoms with Crippen molar-refractivity contribution in [1.29, 1.82) is 0 Å². The van der Waals surface area contributed by atoms with E-state index in [2.05, 4.69) is 0 Å². The minimum absolute atomic E-state index is 0.0267. The van der Waals surface area contributed by atoms with Crippen LogP contribution in [0.2, 0.25) is 5.02 Å². The van der Waals surface area contributed by atoms with E-state index >= 15 is 0 Å². The van der Waals surface area contributed by atoms with Crippen molar-refractivity contribution in [2.75, 3.05) is 6.26 Å². The summed E-state index contributed by atoms with van der Waals surface area (Å²) in [5, 5.41) is 0.286. The number of hydrogen-bond donors (Lipinski definition) is 0. The highest BCUT2D eigenvalue weighted by Crippen LogP contribution is 2.20. The zero-order chi connectivity index (χ0) is 13.8. The van der Waals surface area contributed by atoms with Crippen molar-refractivity contribution in [3.05, 3.63) is 64.4 Å². The Morgan fingerprint density at radius 3 is 2.47 bits per heavy atom. The maximum Gasteiger partial charge on any atom is 0.167 e. The number of ketones is 1. The monoisotopic (exact) mass is 294 g/mol. The SMILES string of the molecule is CSc1ccc(C(=O)Cc2ccc(F)cc2Cl)cc1. The summed E-state index contributed by atoms with van der Waals surface area (Å²) in [4.78, 5) is 13.2. The predicted octanol–water partition coefficient (Wildman–Crippen LogP) is 4.63. The van der Waals surface area contributed by atoms with Gasteiger partial charge in [-0.2, -0.15) is 0 Å². The Balaban J connectivity index is 2.15. The van der Waals surface area contributed by atoms with Gasteiger partial charge < -0.3 is 0 Å². The first-order chi connectivity index (χ1) is 9.10. The fraction of sp³-hybridized carbons (Fsp3) is 0.133. The number of benzene rings is 2. The Hall–Kier alpha value is -1.32. The second-order valence-electron chi connectivity index (χ2n) is 4.06. The molecule has 4 heteroatoms. The molecule has 0 aliphatic carbocycles. The standard InChI is InChI=1S/C15H12ClFOS/c1-19-13-6-3-10(4-7-13)15(18)8-11-2-5-12(17)9-14(11)16/h2-7,9H,8H2,1H3. The zero-order valence-electron chi connectivity index (χ0n) is 10.3. The van der Waals surface area contributed by atoms with Crippen molar-refractivity contribution < 1.29 is 9.18 Å². The third kappa shape index (κ3) is 3.58.